The van der Waals surface area contributed by atoms with Gasteiger partial charge in [-0.05, 0) is 53.4 Å². The van der Waals surface area contributed by atoms with E-state index in [1.165, 1.54) is 5.56 Å². The zero-order valence-corrected chi connectivity index (χ0v) is 13.0. The Bertz CT molecular complexity index is 602. The van der Waals surface area contributed by atoms with Gasteiger partial charge in [-0.2, -0.15) is 5.26 Å². The molecule has 1 unspecified atom stereocenters. The second-order valence-corrected chi connectivity index (χ2v) is 5.70. The van der Waals surface area contributed by atoms with Gasteiger partial charge < -0.3 is 5.32 Å². The fraction of sp³-hybridized carbons (Fsp3) is 0.235. The van der Waals surface area contributed by atoms with Gasteiger partial charge in [0, 0.05) is 10.5 Å². The summed E-state index contributed by atoms with van der Waals surface area (Å²) in [6, 6.07) is 18.8. The molecule has 0 aliphatic carbocycles. The van der Waals surface area contributed by atoms with Crippen molar-refractivity contribution in [2.45, 2.75) is 25.8 Å². The molecule has 1 N–H and O–H groups in total. The van der Waals surface area contributed by atoms with Crippen LogP contribution in [-0.2, 0) is 6.42 Å². The van der Waals surface area contributed by atoms with Crippen LogP contribution in [0.4, 0.5) is 5.69 Å². The molecular weight excluding hydrogens is 312 g/mol. The number of aryl methyl sites for hydroxylation is 1. The van der Waals surface area contributed by atoms with E-state index in [-0.39, 0.29) is 0 Å². The van der Waals surface area contributed by atoms with Crippen molar-refractivity contribution in [1.29, 1.82) is 5.26 Å². The van der Waals surface area contributed by atoms with E-state index in [4.69, 9.17) is 0 Å². The summed E-state index contributed by atoms with van der Waals surface area (Å²) in [6.07, 6.45) is 2.06. The molecule has 2 aromatic rings. The number of benzene rings is 2. The highest BCUT2D eigenvalue weighted by atomic mass is 79.9. The van der Waals surface area contributed by atoms with Crippen LogP contribution in [0.5, 0.6) is 0 Å². The molecule has 0 fully saturated rings. The molecule has 20 heavy (non-hydrogen) atoms. The fourth-order valence-electron chi connectivity index (χ4n) is 2.12. The maximum Gasteiger partial charge on any atom is 0.103 e. The normalized spacial score (nSPS) is 11.7. The molecule has 1 atom stereocenters. The average Bonchev–Trinajstić information content (AvgIpc) is 2.46. The number of nitrogens with zero attached hydrogens (tertiary/aromatic N) is 1. The van der Waals surface area contributed by atoms with E-state index in [1.807, 2.05) is 24.3 Å². The second-order valence-electron chi connectivity index (χ2n) is 4.84. The van der Waals surface area contributed by atoms with Crippen LogP contribution < -0.4 is 5.32 Å². The molecule has 0 saturated carbocycles. The summed E-state index contributed by atoms with van der Waals surface area (Å²) in [5.74, 6) is 0. The first kappa shape index (κ1) is 14.6. The van der Waals surface area contributed by atoms with Crippen molar-refractivity contribution in [3.8, 4) is 6.07 Å². The van der Waals surface area contributed by atoms with E-state index in [1.54, 1.807) is 0 Å². The number of hydrogen-bond donors (Lipinski definition) is 1. The summed E-state index contributed by atoms with van der Waals surface area (Å²) < 4.78 is 0.834. The number of nitriles is 1. The SMILES string of the molecule is CC(CCc1ccccc1)Nc1cccc(Br)c1C#N. The number of hydrogen-bond acceptors (Lipinski definition) is 2. The molecule has 3 heteroatoms. The third kappa shape index (κ3) is 3.85. The molecule has 0 aliphatic rings. The lowest BCUT2D eigenvalue weighted by molar-refractivity contribution is 0.706. The Morgan fingerprint density at radius 1 is 1.15 bits per heavy atom. The highest BCUT2D eigenvalue weighted by molar-refractivity contribution is 9.10. The molecule has 2 nitrogen and oxygen atoms in total. The Balaban J connectivity index is 1.97. The van der Waals surface area contributed by atoms with Crippen LogP contribution in [-0.4, -0.2) is 6.04 Å². The van der Waals surface area contributed by atoms with Gasteiger partial charge >= 0.3 is 0 Å². The summed E-state index contributed by atoms with van der Waals surface area (Å²) in [4.78, 5) is 0. The fourth-order valence-corrected chi connectivity index (χ4v) is 2.58. The largest absolute Gasteiger partial charge is 0.381 e. The van der Waals surface area contributed by atoms with Crippen molar-refractivity contribution in [1.82, 2.24) is 0 Å². The van der Waals surface area contributed by atoms with Crippen molar-refractivity contribution < 1.29 is 0 Å². The molecule has 102 valence electrons. The molecule has 2 aromatic carbocycles. The Morgan fingerprint density at radius 2 is 1.90 bits per heavy atom. The van der Waals surface area contributed by atoms with Crippen LogP contribution in [0.2, 0.25) is 0 Å². The third-order valence-corrected chi connectivity index (χ3v) is 3.90. The molecule has 0 amide bonds. The van der Waals surface area contributed by atoms with Crippen LogP contribution >= 0.6 is 15.9 Å². The Kier molecular flexibility index (Phi) is 5.20. The van der Waals surface area contributed by atoms with Gasteiger partial charge in [0.1, 0.15) is 6.07 Å². The lowest BCUT2D eigenvalue weighted by atomic mass is 10.1. The first-order chi connectivity index (χ1) is 9.70. The minimum absolute atomic E-state index is 0.316. The minimum atomic E-state index is 0.316. The van der Waals surface area contributed by atoms with E-state index >= 15 is 0 Å². The van der Waals surface area contributed by atoms with E-state index in [9.17, 15) is 5.26 Å². The summed E-state index contributed by atoms with van der Waals surface area (Å²) in [5, 5.41) is 12.6. The van der Waals surface area contributed by atoms with Crippen molar-refractivity contribution in [2.24, 2.45) is 0 Å². The molecule has 0 aliphatic heterocycles. The van der Waals surface area contributed by atoms with Gasteiger partial charge in [0.15, 0.2) is 0 Å². The molecule has 0 bridgehead atoms. The highest BCUT2D eigenvalue weighted by Crippen LogP contribution is 2.24. The van der Waals surface area contributed by atoms with Gasteiger partial charge in [0.05, 0.1) is 11.3 Å². The maximum absolute atomic E-state index is 9.20. The van der Waals surface area contributed by atoms with Crippen molar-refractivity contribution in [3.05, 3.63) is 64.1 Å². The minimum Gasteiger partial charge on any atom is -0.381 e. The Morgan fingerprint density at radius 3 is 2.60 bits per heavy atom. The predicted molar refractivity (Wildman–Crippen MR) is 86.7 cm³/mol. The first-order valence-corrected chi connectivity index (χ1v) is 7.49. The maximum atomic E-state index is 9.20. The zero-order valence-electron chi connectivity index (χ0n) is 11.4. The lowest BCUT2D eigenvalue weighted by Crippen LogP contribution is -2.16. The zero-order chi connectivity index (χ0) is 14.4. The quantitative estimate of drug-likeness (QED) is 0.859. The topological polar surface area (TPSA) is 35.8 Å². The highest BCUT2D eigenvalue weighted by Gasteiger charge is 2.09. The second kappa shape index (κ2) is 7.12. The van der Waals surface area contributed by atoms with Crippen LogP contribution in [0.15, 0.2) is 53.0 Å². The third-order valence-electron chi connectivity index (χ3n) is 3.24. The van der Waals surface area contributed by atoms with Gasteiger partial charge in [-0.15, -0.1) is 0 Å². The molecule has 0 radical (unpaired) electrons. The van der Waals surface area contributed by atoms with Crippen LogP contribution in [0.1, 0.15) is 24.5 Å². The van der Waals surface area contributed by atoms with E-state index in [0.29, 0.717) is 11.6 Å². The Hall–Kier alpha value is -1.79. The van der Waals surface area contributed by atoms with Crippen molar-refractivity contribution in [2.75, 3.05) is 5.32 Å². The number of nitrogens with one attached hydrogen (secondary N) is 1. The molecule has 0 heterocycles. The Labute approximate surface area is 128 Å². The van der Waals surface area contributed by atoms with Crippen LogP contribution in [0, 0.1) is 11.3 Å². The lowest BCUT2D eigenvalue weighted by Gasteiger charge is -2.16. The van der Waals surface area contributed by atoms with E-state index in [0.717, 1.165) is 23.0 Å². The first-order valence-electron chi connectivity index (χ1n) is 6.70. The molecule has 0 spiro atoms. The number of anilines is 1. The van der Waals surface area contributed by atoms with Gasteiger partial charge in [-0.25, -0.2) is 0 Å². The van der Waals surface area contributed by atoms with Gasteiger partial charge in [0.2, 0.25) is 0 Å². The number of halogens is 1. The number of rotatable bonds is 5. The smallest absolute Gasteiger partial charge is 0.103 e. The monoisotopic (exact) mass is 328 g/mol. The summed E-state index contributed by atoms with van der Waals surface area (Å²) in [5.41, 5.74) is 2.90. The van der Waals surface area contributed by atoms with Crippen LogP contribution in [0.25, 0.3) is 0 Å². The standard InChI is InChI=1S/C17H17BrN2/c1-13(10-11-14-6-3-2-4-7-14)20-17-9-5-8-16(18)15(17)12-19/h2-9,13,20H,10-11H2,1H3. The molecular formula is C17H17BrN2. The average molecular weight is 329 g/mol. The van der Waals surface area contributed by atoms with E-state index < -0.39 is 0 Å². The van der Waals surface area contributed by atoms with Crippen molar-refractivity contribution in [3.63, 3.8) is 0 Å². The summed E-state index contributed by atoms with van der Waals surface area (Å²) in [7, 11) is 0. The van der Waals surface area contributed by atoms with E-state index in [2.05, 4.69) is 58.5 Å². The predicted octanol–water partition coefficient (Wildman–Crippen LogP) is 4.75. The van der Waals surface area contributed by atoms with Gasteiger partial charge in [-0.1, -0.05) is 36.4 Å². The molecule has 0 saturated heterocycles. The molecule has 2 rings (SSSR count). The van der Waals surface area contributed by atoms with Crippen molar-refractivity contribution >= 4 is 21.6 Å². The van der Waals surface area contributed by atoms with Gasteiger partial charge in [0.25, 0.3) is 0 Å². The molecule has 0 aromatic heterocycles. The van der Waals surface area contributed by atoms with Crippen LogP contribution in [0.3, 0.4) is 0 Å². The summed E-state index contributed by atoms with van der Waals surface area (Å²) in [6.45, 7) is 2.14. The summed E-state index contributed by atoms with van der Waals surface area (Å²) >= 11 is 3.41. The van der Waals surface area contributed by atoms with Gasteiger partial charge in [-0.3, -0.25) is 0 Å².